The molecule has 1 saturated heterocycles. The number of piperidine rings is 1. The average Bonchev–Trinajstić information content (AvgIpc) is 3.33. The number of ether oxygens (including phenoxy) is 1. The highest BCUT2D eigenvalue weighted by atomic mass is 35.5. The Morgan fingerprint density at radius 1 is 1.09 bits per heavy atom. The van der Waals surface area contributed by atoms with Gasteiger partial charge in [-0.05, 0) is 55.3 Å². The van der Waals surface area contributed by atoms with E-state index in [1.807, 2.05) is 0 Å². The number of halogens is 2. The molecule has 1 aliphatic heterocycles. The molecule has 1 aliphatic rings. The lowest BCUT2D eigenvalue weighted by Gasteiger charge is -2.31. The van der Waals surface area contributed by atoms with Crippen LogP contribution in [0.4, 0.5) is 20.6 Å². The molecule has 2 heterocycles. The van der Waals surface area contributed by atoms with Crippen molar-refractivity contribution in [3.63, 3.8) is 0 Å². The van der Waals surface area contributed by atoms with Crippen LogP contribution in [0.5, 0.6) is 5.75 Å². The fraction of sp³-hybridized carbons (Fsp3) is 0.273. The molecule has 11 heteroatoms. The zero-order valence-electron chi connectivity index (χ0n) is 17.7. The Morgan fingerprint density at radius 2 is 1.79 bits per heavy atom. The molecule has 0 aliphatic carbocycles. The van der Waals surface area contributed by atoms with Gasteiger partial charge in [-0.15, -0.1) is 10.2 Å². The number of hydrogen-bond donors (Lipinski definition) is 2. The predicted molar refractivity (Wildman–Crippen MR) is 125 cm³/mol. The molecule has 0 spiro atoms. The molecule has 172 valence electrons. The molecule has 33 heavy (non-hydrogen) atoms. The number of rotatable bonds is 5. The smallest absolute Gasteiger partial charge is 0.321 e. The molecular weight excluding hydrogens is 469 g/mol. The van der Waals surface area contributed by atoms with Crippen LogP contribution >= 0.6 is 22.9 Å². The monoisotopic (exact) mass is 489 g/mol. The van der Waals surface area contributed by atoms with Crippen molar-refractivity contribution in [2.24, 2.45) is 0 Å². The molecule has 2 N–H and O–H groups in total. The number of methoxy groups -OCH3 is 1. The van der Waals surface area contributed by atoms with E-state index in [9.17, 15) is 14.0 Å². The topological polar surface area (TPSA) is 96.4 Å². The molecule has 0 saturated carbocycles. The molecule has 0 radical (unpaired) electrons. The van der Waals surface area contributed by atoms with Gasteiger partial charge in [0.2, 0.25) is 5.01 Å². The summed E-state index contributed by atoms with van der Waals surface area (Å²) in [5.74, 6) is -0.0367. The van der Waals surface area contributed by atoms with Gasteiger partial charge in [-0.2, -0.15) is 0 Å². The molecule has 0 unspecified atom stereocenters. The third-order valence-electron chi connectivity index (χ3n) is 5.29. The van der Waals surface area contributed by atoms with Crippen LogP contribution in [0.3, 0.4) is 0 Å². The van der Waals surface area contributed by atoms with Crippen LogP contribution in [-0.4, -0.2) is 47.2 Å². The fourth-order valence-electron chi connectivity index (χ4n) is 3.46. The van der Waals surface area contributed by atoms with E-state index in [0.717, 1.165) is 5.01 Å². The molecule has 3 aromatic rings. The molecule has 8 nitrogen and oxygen atoms in total. The second kappa shape index (κ2) is 10.1. The van der Waals surface area contributed by atoms with E-state index in [0.29, 0.717) is 43.1 Å². The maximum absolute atomic E-state index is 13.3. The van der Waals surface area contributed by atoms with Gasteiger partial charge >= 0.3 is 6.03 Å². The predicted octanol–water partition coefficient (Wildman–Crippen LogP) is 5.00. The van der Waals surface area contributed by atoms with Gasteiger partial charge in [0, 0.05) is 30.4 Å². The highest BCUT2D eigenvalue weighted by molar-refractivity contribution is 7.13. The van der Waals surface area contributed by atoms with Gasteiger partial charge in [0.15, 0.2) is 0 Å². The van der Waals surface area contributed by atoms with Crippen LogP contribution < -0.4 is 15.4 Å². The number of nitrogens with zero attached hydrogens (tertiary/aromatic N) is 3. The lowest BCUT2D eigenvalue weighted by molar-refractivity contribution is 0.102. The zero-order valence-corrected chi connectivity index (χ0v) is 19.3. The lowest BCUT2D eigenvalue weighted by Crippen LogP contribution is -2.40. The second-order valence-corrected chi connectivity index (χ2v) is 8.86. The van der Waals surface area contributed by atoms with Crippen molar-refractivity contribution in [2.75, 3.05) is 30.8 Å². The fourth-order valence-corrected chi connectivity index (χ4v) is 4.54. The first-order chi connectivity index (χ1) is 15.9. The number of likely N-dealkylation sites (tertiary alicyclic amines) is 1. The summed E-state index contributed by atoms with van der Waals surface area (Å²) in [5, 5.41) is 14.8. The van der Waals surface area contributed by atoms with Crippen LogP contribution in [-0.2, 0) is 0 Å². The Balaban J connectivity index is 1.30. The molecule has 3 amide bonds. The molecule has 0 bridgehead atoms. The molecule has 4 rings (SSSR count). The average molecular weight is 490 g/mol. The first-order valence-electron chi connectivity index (χ1n) is 10.2. The minimum atomic E-state index is -0.537. The summed E-state index contributed by atoms with van der Waals surface area (Å²) >= 11 is 7.03. The number of carbonyl (C=O) groups is 2. The maximum Gasteiger partial charge on any atom is 0.321 e. The van der Waals surface area contributed by atoms with Gasteiger partial charge in [0.05, 0.1) is 12.1 Å². The highest BCUT2D eigenvalue weighted by Crippen LogP contribution is 2.31. The Morgan fingerprint density at radius 3 is 2.45 bits per heavy atom. The minimum absolute atomic E-state index is 0.0467. The van der Waals surface area contributed by atoms with Gasteiger partial charge in [0.1, 0.15) is 16.6 Å². The van der Waals surface area contributed by atoms with E-state index in [-0.39, 0.29) is 27.9 Å². The van der Waals surface area contributed by atoms with Crippen molar-refractivity contribution in [2.45, 2.75) is 18.8 Å². The number of urea groups is 1. The van der Waals surface area contributed by atoms with E-state index in [4.69, 9.17) is 16.3 Å². The summed E-state index contributed by atoms with van der Waals surface area (Å²) in [4.78, 5) is 26.7. The normalized spacial score (nSPS) is 14.1. The molecule has 1 fully saturated rings. The summed E-state index contributed by atoms with van der Waals surface area (Å²) in [6.45, 7) is 1.05. The van der Waals surface area contributed by atoms with Crippen LogP contribution in [0.2, 0.25) is 5.02 Å². The van der Waals surface area contributed by atoms with Gasteiger partial charge in [-0.1, -0.05) is 22.9 Å². The van der Waals surface area contributed by atoms with Crippen molar-refractivity contribution in [1.29, 1.82) is 0 Å². The third-order valence-corrected chi connectivity index (χ3v) is 6.66. The second-order valence-electron chi connectivity index (χ2n) is 7.45. The maximum atomic E-state index is 13.3. The summed E-state index contributed by atoms with van der Waals surface area (Å²) < 4.78 is 18.4. The van der Waals surface area contributed by atoms with Crippen molar-refractivity contribution in [3.05, 3.63) is 63.3 Å². The Labute approximate surface area is 198 Å². The summed E-state index contributed by atoms with van der Waals surface area (Å²) in [6, 6.07) is 10.8. The number of amides is 3. The number of anilines is 2. The number of aromatic nitrogens is 2. The molecule has 1 aromatic heterocycles. The molecule has 2 aromatic carbocycles. The van der Waals surface area contributed by atoms with Crippen LogP contribution in [0.1, 0.15) is 33.6 Å². The van der Waals surface area contributed by atoms with E-state index in [2.05, 4.69) is 20.8 Å². The van der Waals surface area contributed by atoms with Crippen LogP contribution in [0.25, 0.3) is 0 Å². The van der Waals surface area contributed by atoms with E-state index >= 15 is 0 Å². The van der Waals surface area contributed by atoms with Crippen molar-refractivity contribution in [3.8, 4) is 5.75 Å². The minimum Gasteiger partial charge on any atom is -0.497 e. The quantitative estimate of drug-likeness (QED) is 0.525. The Kier molecular flexibility index (Phi) is 7.05. The lowest BCUT2D eigenvalue weighted by atomic mass is 9.98. The third kappa shape index (κ3) is 5.58. The van der Waals surface area contributed by atoms with Crippen LogP contribution in [0, 0.1) is 5.82 Å². The molecular formula is C22H21ClFN5O3S. The Hall–Kier alpha value is -3.24. The summed E-state index contributed by atoms with van der Waals surface area (Å²) in [5.41, 5.74) is 1.07. The number of nitrogens with one attached hydrogen (secondary N) is 2. The van der Waals surface area contributed by atoms with E-state index in [1.54, 1.807) is 36.3 Å². The van der Waals surface area contributed by atoms with Crippen molar-refractivity contribution < 1.29 is 18.7 Å². The summed E-state index contributed by atoms with van der Waals surface area (Å²) in [7, 11) is 1.58. The Bertz CT molecular complexity index is 1150. The van der Waals surface area contributed by atoms with Crippen molar-refractivity contribution in [1.82, 2.24) is 15.1 Å². The molecule has 0 atom stereocenters. The SMILES string of the molecule is COc1ccc(NC(=O)c2nnc(C3CCN(C(=O)Nc4ccc(F)c(Cl)c4)CC3)s2)cc1. The largest absolute Gasteiger partial charge is 0.497 e. The number of hydrogen-bond acceptors (Lipinski definition) is 6. The van der Waals surface area contributed by atoms with Gasteiger partial charge in [-0.3, -0.25) is 4.79 Å². The standard InChI is InChI=1S/C22H21ClFN5O3S/c1-32-16-5-2-14(3-6-16)25-19(30)21-28-27-20(33-21)13-8-10-29(11-9-13)22(31)26-15-4-7-18(24)17(23)12-15/h2-7,12-13H,8-11H2,1H3,(H,25,30)(H,26,31). The summed E-state index contributed by atoms with van der Waals surface area (Å²) in [6.07, 6.45) is 1.40. The number of carbonyl (C=O) groups excluding carboxylic acids is 2. The first-order valence-corrected chi connectivity index (χ1v) is 11.4. The zero-order chi connectivity index (χ0) is 23.4. The van der Waals surface area contributed by atoms with E-state index in [1.165, 1.54) is 29.5 Å². The van der Waals surface area contributed by atoms with Crippen LogP contribution in [0.15, 0.2) is 42.5 Å². The van der Waals surface area contributed by atoms with E-state index < -0.39 is 5.82 Å². The first kappa shape index (κ1) is 22.9. The van der Waals surface area contributed by atoms with Gasteiger partial charge < -0.3 is 20.3 Å². The van der Waals surface area contributed by atoms with Crippen molar-refractivity contribution >= 4 is 46.3 Å². The van der Waals surface area contributed by atoms with Gasteiger partial charge in [-0.25, -0.2) is 9.18 Å². The van der Waals surface area contributed by atoms with Gasteiger partial charge in [0.25, 0.3) is 5.91 Å². The highest BCUT2D eigenvalue weighted by Gasteiger charge is 2.27. The number of benzene rings is 2.